The minimum absolute atomic E-state index is 0.118. The van der Waals surface area contributed by atoms with Crippen LogP contribution in [0.3, 0.4) is 0 Å². The predicted octanol–water partition coefficient (Wildman–Crippen LogP) is 1.61. The molecule has 16 heavy (non-hydrogen) atoms. The third-order valence-electron chi connectivity index (χ3n) is 2.75. The molecule has 0 amide bonds. The normalized spacial score (nSPS) is 15.3. The van der Waals surface area contributed by atoms with Gasteiger partial charge in [0.2, 0.25) is 0 Å². The maximum absolute atomic E-state index is 11.5. The molecule has 3 rings (SSSR count). The lowest BCUT2D eigenvalue weighted by Gasteiger charge is -2.00. The fourth-order valence-corrected chi connectivity index (χ4v) is 1.71. The Balaban J connectivity index is 2.13. The highest BCUT2D eigenvalue weighted by atomic mass is 16.5. The molecule has 0 atom stereocenters. The zero-order valence-corrected chi connectivity index (χ0v) is 8.86. The number of aromatic nitrogens is 3. The van der Waals surface area contributed by atoms with E-state index in [2.05, 4.69) is 15.1 Å². The maximum atomic E-state index is 11.5. The van der Waals surface area contributed by atoms with Gasteiger partial charge in [-0.15, -0.1) is 0 Å². The van der Waals surface area contributed by atoms with Crippen molar-refractivity contribution in [2.45, 2.75) is 25.7 Å². The lowest BCUT2D eigenvalue weighted by Crippen LogP contribution is -2.10. The van der Waals surface area contributed by atoms with Crippen LogP contribution in [0.2, 0.25) is 0 Å². The Bertz CT molecular complexity index is 581. The second-order valence-electron chi connectivity index (χ2n) is 4.09. The Morgan fingerprint density at radius 2 is 2.31 bits per heavy atom. The molecule has 2 aromatic rings. The van der Waals surface area contributed by atoms with E-state index in [9.17, 15) is 4.79 Å². The van der Waals surface area contributed by atoms with E-state index in [1.807, 2.05) is 6.92 Å². The topological polar surface area (TPSA) is 71.8 Å². The highest BCUT2D eigenvalue weighted by Gasteiger charge is 2.26. The Morgan fingerprint density at radius 3 is 2.94 bits per heavy atom. The Morgan fingerprint density at radius 1 is 1.50 bits per heavy atom. The molecule has 1 fully saturated rings. The summed E-state index contributed by atoms with van der Waals surface area (Å²) in [4.78, 5) is 18.7. The summed E-state index contributed by atoms with van der Waals surface area (Å²) in [6, 6.07) is 1.48. The quantitative estimate of drug-likeness (QED) is 0.829. The van der Waals surface area contributed by atoms with Gasteiger partial charge in [-0.25, -0.2) is 4.98 Å². The third kappa shape index (κ3) is 1.54. The van der Waals surface area contributed by atoms with Crippen LogP contribution in [0, 0.1) is 6.92 Å². The van der Waals surface area contributed by atoms with Gasteiger partial charge in [-0.3, -0.25) is 4.79 Å². The molecular weight excluding hydrogens is 206 g/mol. The van der Waals surface area contributed by atoms with Gasteiger partial charge in [-0.1, -0.05) is 5.16 Å². The summed E-state index contributed by atoms with van der Waals surface area (Å²) < 4.78 is 4.97. The van der Waals surface area contributed by atoms with Gasteiger partial charge in [0.05, 0.1) is 17.5 Å². The van der Waals surface area contributed by atoms with E-state index in [-0.39, 0.29) is 5.56 Å². The lowest BCUT2D eigenvalue weighted by atomic mass is 10.2. The van der Waals surface area contributed by atoms with Gasteiger partial charge in [0.15, 0.2) is 0 Å². The smallest absolute Gasteiger partial charge is 0.251 e. The van der Waals surface area contributed by atoms with E-state index in [0.29, 0.717) is 17.4 Å². The summed E-state index contributed by atoms with van der Waals surface area (Å²) in [6.07, 6.45) is 3.80. The number of aromatic amines is 1. The molecular formula is C11H11N3O2. The second-order valence-corrected chi connectivity index (χ2v) is 4.09. The van der Waals surface area contributed by atoms with Gasteiger partial charge < -0.3 is 9.51 Å². The van der Waals surface area contributed by atoms with Gasteiger partial charge in [0, 0.05) is 12.0 Å². The average Bonchev–Trinajstić information content (AvgIpc) is 3.01. The molecule has 0 bridgehead atoms. The van der Waals surface area contributed by atoms with Gasteiger partial charge >= 0.3 is 0 Å². The zero-order valence-electron chi connectivity index (χ0n) is 8.86. The standard InChI is InChI=1S/C11H11N3O2/c1-6-8(5-12-16-6)9-4-10(15)14-11(13-9)7-2-3-7/h4-5,7H,2-3H2,1H3,(H,13,14,15). The lowest BCUT2D eigenvalue weighted by molar-refractivity contribution is 0.398. The average molecular weight is 217 g/mol. The van der Waals surface area contributed by atoms with Crippen LogP contribution in [0.25, 0.3) is 11.3 Å². The summed E-state index contributed by atoms with van der Waals surface area (Å²) in [5, 5.41) is 3.69. The van der Waals surface area contributed by atoms with Crippen LogP contribution in [0.4, 0.5) is 0 Å². The summed E-state index contributed by atoms with van der Waals surface area (Å²) in [7, 11) is 0. The molecule has 1 saturated carbocycles. The van der Waals surface area contributed by atoms with Gasteiger partial charge in [0.1, 0.15) is 11.6 Å². The van der Waals surface area contributed by atoms with E-state index < -0.39 is 0 Å². The Kier molecular flexibility index (Phi) is 1.92. The van der Waals surface area contributed by atoms with E-state index in [1.54, 1.807) is 6.20 Å². The molecule has 1 aliphatic carbocycles. The molecule has 2 heterocycles. The molecule has 5 heteroatoms. The molecule has 0 aliphatic heterocycles. The molecule has 2 aromatic heterocycles. The molecule has 0 radical (unpaired) electrons. The van der Waals surface area contributed by atoms with Gasteiger partial charge in [-0.05, 0) is 19.8 Å². The van der Waals surface area contributed by atoms with Crippen LogP contribution in [-0.4, -0.2) is 15.1 Å². The zero-order chi connectivity index (χ0) is 11.1. The van der Waals surface area contributed by atoms with Crippen molar-refractivity contribution in [3.05, 3.63) is 34.2 Å². The fraction of sp³-hybridized carbons (Fsp3) is 0.364. The number of nitrogens with zero attached hydrogens (tertiary/aromatic N) is 2. The first-order valence-electron chi connectivity index (χ1n) is 5.27. The van der Waals surface area contributed by atoms with Crippen molar-refractivity contribution in [3.8, 4) is 11.3 Å². The highest BCUT2D eigenvalue weighted by Crippen LogP contribution is 2.38. The van der Waals surface area contributed by atoms with E-state index >= 15 is 0 Å². The Hall–Kier alpha value is -1.91. The first kappa shape index (κ1) is 9.33. The van der Waals surface area contributed by atoms with Crippen LogP contribution < -0.4 is 5.56 Å². The molecule has 0 aromatic carbocycles. The van der Waals surface area contributed by atoms with Crippen molar-refractivity contribution in [1.29, 1.82) is 0 Å². The summed E-state index contributed by atoms with van der Waals surface area (Å²) in [6.45, 7) is 1.81. The monoisotopic (exact) mass is 217 g/mol. The molecule has 82 valence electrons. The van der Waals surface area contributed by atoms with Crippen molar-refractivity contribution >= 4 is 0 Å². The number of hydrogen-bond acceptors (Lipinski definition) is 4. The highest BCUT2D eigenvalue weighted by molar-refractivity contribution is 5.59. The third-order valence-corrected chi connectivity index (χ3v) is 2.75. The molecule has 0 unspecified atom stereocenters. The van der Waals surface area contributed by atoms with Crippen molar-refractivity contribution in [1.82, 2.24) is 15.1 Å². The molecule has 1 aliphatic rings. The molecule has 0 saturated heterocycles. The van der Waals surface area contributed by atoms with Crippen LogP contribution >= 0.6 is 0 Å². The number of rotatable bonds is 2. The molecule has 5 nitrogen and oxygen atoms in total. The number of aryl methyl sites for hydroxylation is 1. The van der Waals surface area contributed by atoms with Crippen molar-refractivity contribution < 1.29 is 4.52 Å². The van der Waals surface area contributed by atoms with E-state index in [0.717, 1.165) is 24.2 Å². The van der Waals surface area contributed by atoms with Crippen molar-refractivity contribution in [2.24, 2.45) is 0 Å². The maximum Gasteiger partial charge on any atom is 0.251 e. The number of nitrogens with one attached hydrogen (secondary N) is 1. The van der Waals surface area contributed by atoms with Crippen LogP contribution in [0.15, 0.2) is 21.6 Å². The van der Waals surface area contributed by atoms with Crippen LogP contribution in [0.1, 0.15) is 30.3 Å². The molecule has 1 N–H and O–H groups in total. The van der Waals surface area contributed by atoms with Crippen molar-refractivity contribution in [2.75, 3.05) is 0 Å². The minimum Gasteiger partial charge on any atom is -0.361 e. The SMILES string of the molecule is Cc1oncc1-c1cc(=O)[nH]c(C2CC2)n1. The van der Waals surface area contributed by atoms with E-state index in [1.165, 1.54) is 6.07 Å². The molecule has 0 spiro atoms. The van der Waals surface area contributed by atoms with Crippen molar-refractivity contribution in [3.63, 3.8) is 0 Å². The van der Waals surface area contributed by atoms with Gasteiger partial charge in [-0.2, -0.15) is 0 Å². The largest absolute Gasteiger partial charge is 0.361 e. The number of H-pyrrole nitrogens is 1. The Labute approximate surface area is 91.5 Å². The first-order valence-corrected chi connectivity index (χ1v) is 5.27. The summed E-state index contributed by atoms with van der Waals surface area (Å²) in [5.41, 5.74) is 1.31. The van der Waals surface area contributed by atoms with Gasteiger partial charge in [0.25, 0.3) is 5.56 Å². The predicted molar refractivity (Wildman–Crippen MR) is 57.1 cm³/mol. The van der Waals surface area contributed by atoms with E-state index in [4.69, 9.17) is 4.52 Å². The minimum atomic E-state index is -0.118. The van der Waals surface area contributed by atoms with Crippen LogP contribution in [0.5, 0.6) is 0 Å². The summed E-state index contributed by atoms with van der Waals surface area (Å²) >= 11 is 0. The summed E-state index contributed by atoms with van der Waals surface area (Å²) in [5.74, 6) is 1.88. The second kappa shape index (κ2) is 3.30. The van der Waals surface area contributed by atoms with Crippen LogP contribution in [-0.2, 0) is 0 Å². The fourth-order valence-electron chi connectivity index (χ4n) is 1.71. The first-order chi connectivity index (χ1) is 7.74. The number of hydrogen-bond donors (Lipinski definition) is 1.